The van der Waals surface area contributed by atoms with Crippen LogP contribution in [0.1, 0.15) is 112 Å². The number of hydrogen-bond acceptors (Lipinski definition) is 4. The third-order valence-electron chi connectivity index (χ3n) is 15.5. The largest absolute Gasteiger partial charge is 0.493 e. The molecule has 1 aliphatic heterocycles. The Bertz CT molecular complexity index is 1420. The molecule has 2 bridgehead atoms. The summed E-state index contributed by atoms with van der Waals surface area (Å²) in [5.41, 5.74) is 2.20. The molecular weight excluding hydrogens is 570 g/mol. The third-order valence-corrected chi connectivity index (χ3v) is 15.5. The summed E-state index contributed by atoms with van der Waals surface area (Å²) in [6.07, 6.45) is 13.1. The van der Waals surface area contributed by atoms with Crippen molar-refractivity contribution in [2.24, 2.45) is 56.2 Å². The third kappa shape index (κ3) is 4.25. The summed E-state index contributed by atoms with van der Waals surface area (Å²) in [6, 6.07) is 4.97. The number of carbonyl (C=O) groups excluding carboxylic acids is 1. The molecule has 1 heterocycles. The molecule has 6 heteroatoms. The van der Waals surface area contributed by atoms with E-state index in [9.17, 15) is 13.6 Å². The average molecular weight is 625 g/mol. The summed E-state index contributed by atoms with van der Waals surface area (Å²) in [5, 5.41) is 0. The monoisotopic (exact) mass is 624 g/mol. The zero-order valence-electron chi connectivity index (χ0n) is 28.7. The molecule has 45 heavy (non-hydrogen) atoms. The van der Waals surface area contributed by atoms with Gasteiger partial charge in [-0.1, -0.05) is 54.5 Å². The van der Waals surface area contributed by atoms with Crippen LogP contribution in [0.2, 0.25) is 0 Å². The summed E-state index contributed by atoms with van der Waals surface area (Å²) in [6.45, 7) is 15.1. The lowest BCUT2D eigenvalue weighted by atomic mass is 9.31. The van der Waals surface area contributed by atoms with Gasteiger partial charge in [-0.15, -0.1) is 0 Å². The quantitative estimate of drug-likeness (QED) is 0.313. The van der Waals surface area contributed by atoms with Crippen molar-refractivity contribution in [3.05, 3.63) is 29.3 Å². The molecule has 5 aliphatic carbocycles. The van der Waals surface area contributed by atoms with Gasteiger partial charge >= 0.3 is 6.61 Å². The molecule has 0 aromatic heterocycles. The summed E-state index contributed by atoms with van der Waals surface area (Å²) < 4.78 is 42.7. The van der Waals surface area contributed by atoms with Crippen molar-refractivity contribution in [3.8, 4) is 11.5 Å². The van der Waals surface area contributed by atoms with Crippen LogP contribution in [-0.2, 0) is 9.53 Å². The van der Waals surface area contributed by atoms with Gasteiger partial charge in [0.15, 0.2) is 17.3 Å². The van der Waals surface area contributed by atoms with E-state index in [0.29, 0.717) is 35.2 Å². The lowest BCUT2D eigenvalue weighted by Crippen LogP contribution is -2.67. The van der Waals surface area contributed by atoms with E-state index in [2.05, 4.69) is 53.2 Å². The van der Waals surface area contributed by atoms with E-state index in [1.54, 1.807) is 12.1 Å². The Hall–Kier alpha value is -1.95. The second kappa shape index (κ2) is 10.0. The van der Waals surface area contributed by atoms with E-state index in [0.717, 1.165) is 30.6 Å². The lowest BCUT2D eigenvalue weighted by Gasteiger charge is -2.73. The first-order chi connectivity index (χ1) is 21.0. The molecule has 1 saturated heterocycles. The second-order valence-electron chi connectivity index (χ2n) is 18.0. The molecule has 6 aliphatic rings. The van der Waals surface area contributed by atoms with Crippen LogP contribution in [-0.4, -0.2) is 32.2 Å². The van der Waals surface area contributed by atoms with Gasteiger partial charge in [0.2, 0.25) is 0 Å². The number of benzene rings is 1. The zero-order valence-corrected chi connectivity index (χ0v) is 28.7. The lowest BCUT2D eigenvalue weighted by molar-refractivity contribution is -0.236. The molecule has 0 amide bonds. The SMILES string of the molecule is COc1cc(/C=C2\C[C@@]3(C)C(CC[C@]4(C)C3CCC3C5[C@H]6OC[C@@]5(CCC6(C)C)CC[C@]34C)C(C)(C)C2=O)ccc1OC(F)F. The molecule has 4 nitrogen and oxygen atoms in total. The first kappa shape index (κ1) is 31.6. The van der Waals surface area contributed by atoms with Crippen molar-refractivity contribution in [2.45, 2.75) is 119 Å². The number of fused-ring (bicyclic) bond motifs is 5. The number of Topliss-reactive ketones (excluding diaryl/α,β-unsaturated/α-hetero) is 1. The van der Waals surface area contributed by atoms with E-state index in [-0.39, 0.29) is 38.9 Å². The van der Waals surface area contributed by atoms with Crippen LogP contribution in [0.3, 0.4) is 0 Å². The van der Waals surface area contributed by atoms with Crippen LogP contribution in [0.15, 0.2) is 23.8 Å². The smallest absolute Gasteiger partial charge is 0.387 e. The minimum absolute atomic E-state index is 0.000482. The van der Waals surface area contributed by atoms with Gasteiger partial charge in [-0.2, -0.15) is 8.78 Å². The second-order valence-corrected chi connectivity index (χ2v) is 18.0. The van der Waals surface area contributed by atoms with Gasteiger partial charge in [0.1, 0.15) is 0 Å². The number of carbonyl (C=O) groups is 1. The molecule has 0 spiro atoms. The van der Waals surface area contributed by atoms with Gasteiger partial charge < -0.3 is 14.2 Å². The Morgan fingerprint density at radius 1 is 0.889 bits per heavy atom. The van der Waals surface area contributed by atoms with Crippen molar-refractivity contribution >= 4 is 11.9 Å². The number of ether oxygens (including phenoxy) is 3. The van der Waals surface area contributed by atoms with Crippen LogP contribution in [0, 0.1) is 56.2 Å². The zero-order chi connectivity index (χ0) is 32.4. The normalized spacial score (nSPS) is 45.4. The molecule has 1 aromatic carbocycles. The van der Waals surface area contributed by atoms with E-state index < -0.39 is 12.0 Å². The minimum atomic E-state index is -2.93. The van der Waals surface area contributed by atoms with Gasteiger partial charge in [-0.05, 0) is 138 Å². The molecule has 0 N–H and O–H groups in total. The number of alkyl halides is 2. The fraction of sp³-hybridized carbons (Fsp3) is 0.769. The predicted octanol–water partition coefficient (Wildman–Crippen LogP) is 9.75. The summed E-state index contributed by atoms with van der Waals surface area (Å²) >= 11 is 0. The molecule has 7 rings (SSSR count). The van der Waals surface area contributed by atoms with Gasteiger partial charge in [-0.25, -0.2) is 0 Å². The Labute approximate surface area is 269 Å². The number of methoxy groups -OCH3 is 1. The van der Waals surface area contributed by atoms with Gasteiger partial charge in [0.25, 0.3) is 0 Å². The highest BCUT2D eigenvalue weighted by Gasteiger charge is 2.73. The Morgan fingerprint density at radius 3 is 2.33 bits per heavy atom. The van der Waals surface area contributed by atoms with Crippen LogP contribution < -0.4 is 9.47 Å². The molecule has 5 saturated carbocycles. The molecule has 0 radical (unpaired) electrons. The summed E-state index contributed by atoms with van der Waals surface area (Å²) in [7, 11) is 1.45. The van der Waals surface area contributed by atoms with E-state index in [4.69, 9.17) is 9.47 Å². The van der Waals surface area contributed by atoms with E-state index >= 15 is 0 Å². The fourth-order valence-corrected chi connectivity index (χ4v) is 13.1. The van der Waals surface area contributed by atoms with Crippen LogP contribution in [0.5, 0.6) is 11.5 Å². The van der Waals surface area contributed by atoms with Gasteiger partial charge in [0, 0.05) is 5.41 Å². The first-order valence-electron chi connectivity index (χ1n) is 17.5. The van der Waals surface area contributed by atoms with E-state index in [1.165, 1.54) is 58.1 Å². The Balaban J connectivity index is 1.25. The van der Waals surface area contributed by atoms with Crippen molar-refractivity contribution in [3.63, 3.8) is 0 Å². The number of rotatable bonds is 4. The highest BCUT2D eigenvalue weighted by molar-refractivity contribution is 6.04. The molecule has 4 unspecified atom stereocenters. The molecule has 1 aromatic rings. The van der Waals surface area contributed by atoms with Crippen molar-refractivity contribution in [1.82, 2.24) is 0 Å². The maximum atomic E-state index is 14.2. The molecule has 248 valence electrons. The average Bonchev–Trinajstić information content (AvgIpc) is 3.30. The van der Waals surface area contributed by atoms with Crippen molar-refractivity contribution in [2.75, 3.05) is 13.7 Å². The topological polar surface area (TPSA) is 44.8 Å². The Morgan fingerprint density at radius 2 is 1.62 bits per heavy atom. The van der Waals surface area contributed by atoms with Crippen LogP contribution in [0.25, 0.3) is 6.08 Å². The highest BCUT2D eigenvalue weighted by Crippen LogP contribution is 2.78. The predicted molar refractivity (Wildman–Crippen MR) is 172 cm³/mol. The maximum Gasteiger partial charge on any atom is 0.387 e. The van der Waals surface area contributed by atoms with Gasteiger partial charge in [-0.3, -0.25) is 4.79 Å². The summed E-state index contributed by atoms with van der Waals surface area (Å²) in [5.74, 6) is 2.67. The van der Waals surface area contributed by atoms with Crippen molar-refractivity contribution in [1.29, 1.82) is 0 Å². The highest BCUT2D eigenvalue weighted by atomic mass is 19.3. The molecule has 9 atom stereocenters. The summed E-state index contributed by atoms with van der Waals surface area (Å²) in [4.78, 5) is 14.2. The molecular formula is C39H54F2O4. The van der Waals surface area contributed by atoms with E-state index in [1.807, 2.05) is 6.08 Å². The molecule has 6 fully saturated rings. The number of halogens is 2. The van der Waals surface area contributed by atoms with Gasteiger partial charge in [0.05, 0.1) is 19.8 Å². The first-order valence-corrected chi connectivity index (χ1v) is 17.5. The fourth-order valence-electron chi connectivity index (χ4n) is 13.1. The minimum Gasteiger partial charge on any atom is -0.493 e. The number of ketones is 1. The van der Waals surface area contributed by atoms with Crippen LogP contribution in [0.4, 0.5) is 8.78 Å². The maximum absolute atomic E-state index is 14.2. The van der Waals surface area contributed by atoms with Crippen molar-refractivity contribution < 1.29 is 27.8 Å². The van der Waals surface area contributed by atoms with Crippen LogP contribution >= 0.6 is 0 Å². The number of hydrogen-bond donors (Lipinski definition) is 0. The number of allylic oxidation sites excluding steroid dienone is 1. The standard InChI is InChI=1S/C39H54F2O4/c1-34(2)15-17-39-18-16-37(6)25(30(39)32(34)44-22-39)10-12-29-36(5)21-24(31(42)35(3,4)28(36)13-14-38(29,37)7)19-23-9-11-26(45-33(40)41)27(20-23)43-8/h9,11,19-20,25,28-30,32-33H,10,12-18,21-22H2,1-8H3/b24-19+/t25?,28?,29?,30?,32-,36+,37-,38-,39-/m1/s1. The Kier molecular flexibility index (Phi) is 7.05.